The Labute approximate surface area is 128 Å². The van der Waals surface area contributed by atoms with Crippen LogP contribution in [0.3, 0.4) is 0 Å². The number of rotatable bonds is 6. The third-order valence-corrected chi connectivity index (χ3v) is 3.00. The van der Waals surface area contributed by atoms with E-state index in [4.69, 9.17) is 0 Å². The van der Waals surface area contributed by atoms with Gasteiger partial charge in [-0.25, -0.2) is 0 Å². The summed E-state index contributed by atoms with van der Waals surface area (Å²) in [5.41, 5.74) is 0.556. The number of amides is 1. The monoisotopic (exact) mass is 309 g/mol. The summed E-state index contributed by atoms with van der Waals surface area (Å²) in [6, 6.07) is 3.62. The predicted molar refractivity (Wildman–Crippen MR) is 81.0 cm³/mol. The predicted octanol–water partition coefficient (Wildman–Crippen LogP) is 1.34. The van der Waals surface area contributed by atoms with Gasteiger partial charge in [0.2, 0.25) is 0 Å². The molecule has 0 bridgehead atoms. The summed E-state index contributed by atoms with van der Waals surface area (Å²) in [6.07, 6.45) is 0.0223. The molecule has 0 saturated carbocycles. The minimum atomic E-state index is -0.561. The number of hydrogen-bond acceptors (Lipinski definition) is 6. The van der Waals surface area contributed by atoms with Crippen molar-refractivity contribution in [3.05, 3.63) is 33.9 Å². The molecule has 1 aromatic carbocycles. The van der Waals surface area contributed by atoms with Gasteiger partial charge in [0.05, 0.1) is 24.0 Å². The van der Waals surface area contributed by atoms with Crippen LogP contribution in [0.5, 0.6) is 0 Å². The first-order valence-electron chi connectivity index (χ1n) is 6.59. The van der Waals surface area contributed by atoms with E-state index in [1.807, 2.05) is 0 Å². The fraction of sp³-hybridized carbons (Fsp3) is 0.429. The zero-order chi connectivity index (χ0) is 16.9. The largest absolute Gasteiger partial charge is 0.469 e. The van der Waals surface area contributed by atoms with E-state index in [1.54, 1.807) is 25.9 Å². The van der Waals surface area contributed by atoms with E-state index in [-0.39, 0.29) is 17.7 Å². The summed E-state index contributed by atoms with van der Waals surface area (Å²) in [5, 5.41) is 13.5. The number of carbonyl (C=O) groups excluding carboxylic acids is 2. The lowest BCUT2D eigenvalue weighted by Crippen LogP contribution is -2.35. The number of carbonyl (C=O) groups is 2. The first kappa shape index (κ1) is 17.4. The average molecular weight is 309 g/mol. The molecule has 1 rings (SSSR count). The first-order valence-corrected chi connectivity index (χ1v) is 6.59. The molecule has 8 heteroatoms. The molecule has 0 aromatic heterocycles. The van der Waals surface area contributed by atoms with E-state index in [2.05, 4.69) is 10.1 Å². The summed E-state index contributed by atoms with van der Waals surface area (Å²) in [7, 11) is 4.73. The Morgan fingerprint density at radius 1 is 1.41 bits per heavy atom. The first-order chi connectivity index (χ1) is 10.3. The second kappa shape index (κ2) is 7.39. The van der Waals surface area contributed by atoms with Crippen LogP contribution in [0.25, 0.3) is 0 Å². The van der Waals surface area contributed by atoms with Gasteiger partial charge in [-0.2, -0.15) is 0 Å². The standard InChI is InChI=1S/C14H19N3O5/c1-9(7-13(18)22-4)15-14(19)11-8-10(17(20)21)5-6-12(11)16(2)3/h5-6,8-9H,7H2,1-4H3,(H,15,19). The average Bonchev–Trinajstić information content (AvgIpc) is 2.45. The van der Waals surface area contributed by atoms with Crippen LogP contribution in [0.4, 0.5) is 11.4 Å². The number of esters is 1. The third kappa shape index (κ3) is 4.44. The molecule has 0 aliphatic carbocycles. The van der Waals surface area contributed by atoms with Crippen LogP contribution in [0.1, 0.15) is 23.7 Å². The van der Waals surface area contributed by atoms with Crippen molar-refractivity contribution in [1.82, 2.24) is 5.32 Å². The molecule has 1 atom stereocenters. The summed E-state index contributed by atoms with van der Waals surface area (Å²) in [4.78, 5) is 35.5. The summed E-state index contributed by atoms with van der Waals surface area (Å²) in [5.74, 6) is -0.927. The summed E-state index contributed by atoms with van der Waals surface area (Å²) < 4.78 is 4.53. The van der Waals surface area contributed by atoms with E-state index in [9.17, 15) is 19.7 Å². The Balaban J connectivity index is 3.02. The molecule has 0 aliphatic rings. The molecule has 1 aromatic rings. The lowest BCUT2D eigenvalue weighted by atomic mass is 10.1. The van der Waals surface area contributed by atoms with Crippen molar-refractivity contribution >= 4 is 23.3 Å². The van der Waals surface area contributed by atoms with Crippen LogP contribution < -0.4 is 10.2 Å². The van der Waals surface area contributed by atoms with Crippen molar-refractivity contribution in [2.75, 3.05) is 26.1 Å². The van der Waals surface area contributed by atoms with E-state index in [0.717, 1.165) is 0 Å². The molecular weight excluding hydrogens is 290 g/mol. The van der Waals surface area contributed by atoms with Crippen LogP contribution in [-0.2, 0) is 9.53 Å². The zero-order valence-electron chi connectivity index (χ0n) is 13.0. The maximum Gasteiger partial charge on any atom is 0.307 e. The number of nitrogens with zero attached hydrogens (tertiary/aromatic N) is 2. The van der Waals surface area contributed by atoms with Crippen LogP contribution in [0.15, 0.2) is 18.2 Å². The molecule has 22 heavy (non-hydrogen) atoms. The number of nitro groups is 1. The number of anilines is 1. The molecular formula is C14H19N3O5. The summed E-state index contributed by atoms with van der Waals surface area (Å²) in [6.45, 7) is 1.65. The highest BCUT2D eigenvalue weighted by molar-refractivity contribution is 6.00. The quantitative estimate of drug-likeness (QED) is 0.483. The number of hydrogen-bond donors (Lipinski definition) is 1. The second-order valence-corrected chi connectivity index (χ2v) is 5.01. The highest BCUT2D eigenvalue weighted by atomic mass is 16.6. The Morgan fingerprint density at radius 2 is 2.05 bits per heavy atom. The topological polar surface area (TPSA) is 102 Å². The van der Waals surface area contributed by atoms with Crippen molar-refractivity contribution in [1.29, 1.82) is 0 Å². The number of non-ortho nitro benzene ring substituents is 1. The van der Waals surface area contributed by atoms with Gasteiger partial charge in [0, 0.05) is 38.0 Å². The SMILES string of the molecule is COC(=O)CC(C)NC(=O)c1cc([N+](=O)[O-])ccc1N(C)C. The molecule has 0 saturated heterocycles. The van der Waals surface area contributed by atoms with E-state index >= 15 is 0 Å². The van der Waals surface area contributed by atoms with Crippen LogP contribution >= 0.6 is 0 Å². The van der Waals surface area contributed by atoms with Crippen molar-refractivity contribution in [2.24, 2.45) is 0 Å². The lowest BCUT2D eigenvalue weighted by Gasteiger charge is -2.18. The van der Waals surface area contributed by atoms with Gasteiger partial charge < -0.3 is 15.0 Å². The lowest BCUT2D eigenvalue weighted by molar-refractivity contribution is -0.384. The minimum Gasteiger partial charge on any atom is -0.469 e. The van der Waals surface area contributed by atoms with Crippen LogP contribution in [0.2, 0.25) is 0 Å². The molecule has 8 nitrogen and oxygen atoms in total. The fourth-order valence-electron chi connectivity index (χ4n) is 1.90. The van der Waals surface area contributed by atoms with E-state index in [0.29, 0.717) is 5.69 Å². The fourth-order valence-corrected chi connectivity index (χ4v) is 1.90. The van der Waals surface area contributed by atoms with E-state index in [1.165, 1.54) is 25.3 Å². The van der Waals surface area contributed by atoms with Crippen molar-refractivity contribution < 1.29 is 19.2 Å². The highest BCUT2D eigenvalue weighted by Crippen LogP contribution is 2.24. The van der Waals surface area contributed by atoms with Gasteiger partial charge in [-0.05, 0) is 13.0 Å². The molecule has 120 valence electrons. The molecule has 0 fully saturated rings. The smallest absolute Gasteiger partial charge is 0.307 e. The van der Waals surface area contributed by atoms with Gasteiger partial charge in [-0.1, -0.05) is 0 Å². The Bertz CT molecular complexity index is 586. The van der Waals surface area contributed by atoms with Gasteiger partial charge in [0.25, 0.3) is 11.6 Å². The second-order valence-electron chi connectivity index (χ2n) is 5.01. The molecule has 0 aliphatic heterocycles. The Morgan fingerprint density at radius 3 is 2.55 bits per heavy atom. The van der Waals surface area contributed by atoms with Crippen molar-refractivity contribution in [3.63, 3.8) is 0 Å². The molecule has 1 amide bonds. The van der Waals surface area contributed by atoms with Gasteiger partial charge in [-0.3, -0.25) is 19.7 Å². The van der Waals surface area contributed by atoms with Gasteiger partial charge >= 0.3 is 5.97 Å². The van der Waals surface area contributed by atoms with Crippen molar-refractivity contribution in [2.45, 2.75) is 19.4 Å². The third-order valence-electron chi connectivity index (χ3n) is 3.00. The molecule has 1 N–H and O–H groups in total. The number of nitrogens with one attached hydrogen (secondary N) is 1. The number of ether oxygens (including phenoxy) is 1. The maximum absolute atomic E-state index is 12.3. The Kier molecular flexibility index (Phi) is 5.85. The number of methoxy groups -OCH3 is 1. The van der Waals surface area contributed by atoms with Gasteiger partial charge in [0.15, 0.2) is 0 Å². The minimum absolute atomic E-state index is 0.0223. The van der Waals surface area contributed by atoms with Crippen molar-refractivity contribution in [3.8, 4) is 0 Å². The number of benzene rings is 1. The Hall–Kier alpha value is -2.64. The van der Waals surface area contributed by atoms with Gasteiger partial charge in [-0.15, -0.1) is 0 Å². The molecule has 1 unspecified atom stereocenters. The van der Waals surface area contributed by atoms with Crippen LogP contribution in [0, 0.1) is 10.1 Å². The molecule has 0 heterocycles. The van der Waals surface area contributed by atoms with Crippen LogP contribution in [-0.4, -0.2) is 44.0 Å². The molecule has 0 radical (unpaired) electrons. The maximum atomic E-state index is 12.3. The zero-order valence-corrected chi connectivity index (χ0v) is 13.0. The highest BCUT2D eigenvalue weighted by Gasteiger charge is 2.20. The number of nitro benzene ring substituents is 1. The molecule has 0 spiro atoms. The van der Waals surface area contributed by atoms with E-state index < -0.39 is 22.8 Å². The summed E-state index contributed by atoms with van der Waals surface area (Å²) >= 11 is 0. The normalized spacial score (nSPS) is 11.5. The van der Waals surface area contributed by atoms with Gasteiger partial charge in [0.1, 0.15) is 0 Å².